The summed E-state index contributed by atoms with van der Waals surface area (Å²) in [4.78, 5) is 20.1. The number of allylic oxidation sites excluding steroid dienone is 1. The van der Waals surface area contributed by atoms with Crippen molar-refractivity contribution in [3.8, 4) is 0 Å². The zero-order valence-electron chi connectivity index (χ0n) is 13.8. The SMILES string of the molecule is COCCn1c(SCC=C(C)C)nc2sc3c(c2c1=O)CCC3. The highest BCUT2D eigenvalue weighted by Crippen LogP contribution is 2.35. The number of aryl methyl sites for hydroxylation is 2. The largest absolute Gasteiger partial charge is 0.383 e. The highest BCUT2D eigenvalue weighted by molar-refractivity contribution is 7.99. The number of aromatic nitrogens is 2. The van der Waals surface area contributed by atoms with E-state index in [1.165, 1.54) is 16.0 Å². The molecule has 0 amide bonds. The van der Waals surface area contributed by atoms with E-state index in [1.54, 1.807) is 34.8 Å². The fraction of sp³-hybridized carbons (Fsp3) is 0.529. The first-order valence-electron chi connectivity index (χ1n) is 7.92. The molecule has 2 aromatic rings. The van der Waals surface area contributed by atoms with Crippen LogP contribution in [0, 0.1) is 0 Å². The average Bonchev–Trinajstić information content (AvgIpc) is 3.06. The topological polar surface area (TPSA) is 44.1 Å². The van der Waals surface area contributed by atoms with Crippen LogP contribution in [0.1, 0.15) is 30.7 Å². The van der Waals surface area contributed by atoms with Crippen molar-refractivity contribution < 1.29 is 4.74 Å². The summed E-state index contributed by atoms with van der Waals surface area (Å²) < 4.78 is 6.97. The van der Waals surface area contributed by atoms with Crippen LogP contribution in [-0.2, 0) is 24.1 Å². The molecule has 1 aliphatic rings. The zero-order chi connectivity index (χ0) is 16.4. The number of thioether (sulfide) groups is 1. The van der Waals surface area contributed by atoms with E-state index in [0.29, 0.717) is 13.2 Å². The predicted octanol–water partition coefficient (Wildman–Crippen LogP) is 3.65. The monoisotopic (exact) mass is 350 g/mol. The van der Waals surface area contributed by atoms with Crippen LogP contribution in [-0.4, -0.2) is 29.0 Å². The van der Waals surface area contributed by atoms with Crippen molar-refractivity contribution in [1.29, 1.82) is 0 Å². The van der Waals surface area contributed by atoms with Crippen LogP contribution < -0.4 is 5.56 Å². The van der Waals surface area contributed by atoms with Gasteiger partial charge in [-0.05, 0) is 38.7 Å². The maximum absolute atomic E-state index is 13.0. The summed E-state index contributed by atoms with van der Waals surface area (Å²) in [5.41, 5.74) is 2.63. The van der Waals surface area contributed by atoms with E-state index in [4.69, 9.17) is 9.72 Å². The molecule has 0 spiro atoms. The summed E-state index contributed by atoms with van der Waals surface area (Å²) in [5.74, 6) is 0.832. The van der Waals surface area contributed by atoms with E-state index in [-0.39, 0.29) is 5.56 Å². The number of ether oxygens (including phenoxy) is 1. The molecule has 124 valence electrons. The molecule has 3 rings (SSSR count). The smallest absolute Gasteiger partial charge is 0.263 e. The molecule has 0 atom stereocenters. The minimum Gasteiger partial charge on any atom is -0.383 e. The summed E-state index contributed by atoms with van der Waals surface area (Å²) in [5, 5.41) is 1.65. The van der Waals surface area contributed by atoms with Crippen LogP contribution >= 0.6 is 23.1 Å². The zero-order valence-corrected chi connectivity index (χ0v) is 15.5. The normalized spacial score (nSPS) is 13.5. The Morgan fingerprint density at radius 2 is 2.26 bits per heavy atom. The van der Waals surface area contributed by atoms with E-state index in [2.05, 4.69) is 19.9 Å². The number of fused-ring (bicyclic) bond motifs is 3. The van der Waals surface area contributed by atoms with Gasteiger partial charge in [0.1, 0.15) is 4.83 Å². The molecule has 0 radical (unpaired) electrons. The van der Waals surface area contributed by atoms with Crippen molar-refractivity contribution in [2.75, 3.05) is 19.5 Å². The van der Waals surface area contributed by atoms with Gasteiger partial charge in [0.15, 0.2) is 5.16 Å². The second-order valence-corrected chi connectivity index (χ2v) is 8.04. The second kappa shape index (κ2) is 7.20. The molecule has 0 unspecified atom stereocenters. The number of rotatable bonds is 6. The lowest BCUT2D eigenvalue weighted by molar-refractivity contribution is 0.183. The molecule has 0 saturated heterocycles. The van der Waals surface area contributed by atoms with Crippen LogP contribution in [0.2, 0.25) is 0 Å². The Morgan fingerprint density at radius 1 is 1.43 bits per heavy atom. The first kappa shape index (κ1) is 16.7. The molecule has 0 bridgehead atoms. The van der Waals surface area contributed by atoms with Gasteiger partial charge < -0.3 is 4.74 Å². The van der Waals surface area contributed by atoms with Crippen molar-refractivity contribution in [2.24, 2.45) is 0 Å². The Morgan fingerprint density at radius 3 is 3.00 bits per heavy atom. The summed E-state index contributed by atoms with van der Waals surface area (Å²) in [7, 11) is 1.66. The van der Waals surface area contributed by atoms with E-state index in [0.717, 1.165) is 40.4 Å². The van der Waals surface area contributed by atoms with E-state index < -0.39 is 0 Å². The van der Waals surface area contributed by atoms with Crippen molar-refractivity contribution in [2.45, 2.75) is 44.8 Å². The Kier molecular flexibility index (Phi) is 5.24. The van der Waals surface area contributed by atoms with Gasteiger partial charge in [-0.15, -0.1) is 11.3 Å². The van der Waals surface area contributed by atoms with Gasteiger partial charge in [-0.3, -0.25) is 9.36 Å². The number of hydrogen-bond acceptors (Lipinski definition) is 5. The standard InChI is InChI=1S/C17H22N2O2S2/c1-11(2)7-10-22-17-18-15-14(12-5-4-6-13(12)23-15)16(20)19(17)8-9-21-3/h7H,4-6,8-10H2,1-3H3. The van der Waals surface area contributed by atoms with Crippen molar-refractivity contribution in [3.05, 3.63) is 32.4 Å². The van der Waals surface area contributed by atoms with Gasteiger partial charge in [0.2, 0.25) is 0 Å². The lowest BCUT2D eigenvalue weighted by Crippen LogP contribution is -2.25. The molecular formula is C17H22N2O2S2. The Balaban J connectivity index is 2.06. The van der Waals surface area contributed by atoms with E-state index in [1.807, 2.05) is 0 Å². The predicted molar refractivity (Wildman–Crippen MR) is 97.9 cm³/mol. The molecule has 0 fully saturated rings. The molecule has 0 aromatic carbocycles. The molecule has 23 heavy (non-hydrogen) atoms. The Labute approximate surface area is 144 Å². The third-order valence-corrected chi connectivity index (χ3v) is 6.10. The molecule has 2 aromatic heterocycles. The molecule has 0 aliphatic heterocycles. The second-order valence-electron chi connectivity index (χ2n) is 5.97. The van der Waals surface area contributed by atoms with Crippen LogP contribution in [0.25, 0.3) is 10.2 Å². The lowest BCUT2D eigenvalue weighted by Gasteiger charge is -2.11. The number of thiophene rings is 1. The minimum atomic E-state index is 0.103. The maximum Gasteiger partial charge on any atom is 0.263 e. The van der Waals surface area contributed by atoms with E-state index in [9.17, 15) is 4.79 Å². The van der Waals surface area contributed by atoms with Gasteiger partial charge in [0, 0.05) is 17.7 Å². The summed E-state index contributed by atoms with van der Waals surface area (Å²) >= 11 is 3.32. The Hall–Kier alpha value is -1.11. The highest BCUT2D eigenvalue weighted by Gasteiger charge is 2.23. The third-order valence-electron chi connectivity index (χ3n) is 4.01. The fourth-order valence-electron chi connectivity index (χ4n) is 2.83. The van der Waals surface area contributed by atoms with Crippen LogP contribution in [0.4, 0.5) is 0 Å². The molecule has 4 nitrogen and oxygen atoms in total. The lowest BCUT2D eigenvalue weighted by atomic mass is 10.2. The van der Waals surface area contributed by atoms with Crippen LogP contribution in [0.3, 0.4) is 0 Å². The molecule has 6 heteroatoms. The molecule has 0 saturated carbocycles. The fourth-order valence-corrected chi connectivity index (χ4v) is 5.19. The maximum atomic E-state index is 13.0. The summed E-state index contributed by atoms with van der Waals surface area (Å²) in [6.07, 6.45) is 5.43. The first-order chi connectivity index (χ1) is 11.1. The van der Waals surface area contributed by atoms with Crippen molar-refractivity contribution >= 4 is 33.3 Å². The van der Waals surface area contributed by atoms with Gasteiger partial charge in [-0.25, -0.2) is 4.98 Å². The van der Waals surface area contributed by atoms with Gasteiger partial charge in [0.05, 0.1) is 18.5 Å². The van der Waals surface area contributed by atoms with Crippen LogP contribution in [0.15, 0.2) is 21.6 Å². The van der Waals surface area contributed by atoms with Crippen molar-refractivity contribution in [3.63, 3.8) is 0 Å². The molecular weight excluding hydrogens is 328 g/mol. The van der Waals surface area contributed by atoms with Gasteiger partial charge >= 0.3 is 0 Å². The minimum absolute atomic E-state index is 0.103. The van der Waals surface area contributed by atoms with Gasteiger partial charge in [0.25, 0.3) is 5.56 Å². The van der Waals surface area contributed by atoms with Gasteiger partial charge in [-0.1, -0.05) is 23.4 Å². The Bertz CT molecular complexity index is 801. The first-order valence-corrected chi connectivity index (χ1v) is 9.72. The quantitative estimate of drug-likeness (QED) is 0.453. The molecule has 1 aliphatic carbocycles. The van der Waals surface area contributed by atoms with Gasteiger partial charge in [-0.2, -0.15) is 0 Å². The summed E-state index contributed by atoms with van der Waals surface area (Å²) in [6, 6.07) is 0. The van der Waals surface area contributed by atoms with Crippen molar-refractivity contribution in [1.82, 2.24) is 9.55 Å². The molecule has 0 N–H and O–H groups in total. The van der Waals surface area contributed by atoms with E-state index >= 15 is 0 Å². The summed E-state index contributed by atoms with van der Waals surface area (Å²) in [6.45, 7) is 5.24. The highest BCUT2D eigenvalue weighted by atomic mass is 32.2. The molecule has 2 heterocycles. The number of nitrogens with zero attached hydrogens (tertiary/aromatic N) is 2. The number of hydrogen-bond donors (Lipinski definition) is 0. The average molecular weight is 351 g/mol. The number of methoxy groups -OCH3 is 1. The van der Waals surface area contributed by atoms with Crippen LogP contribution in [0.5, 0.6) is 0 Å². The third kappa shape index (κ3) is 3.39.